The minimum absolute atomic E-state index is 0.0497. The highest BCUT2D eigenvalue weighted by Gasteiger charge is 2.24. The Morgan fingerprint density at radius 2 is 1.64 bits per heavy atom. The van der Waals surface area contributed by atoms with E-state index in [-0.39, 0.29) is 17.9 Å². The Balaban J connectivity index is 1.11. The van der Waals surface area contributed by atoms with Crippen LogP contribution in [-0.4, -0.2) is 58.0 Å². The van der Waals surface area contributed by atoms with Gasteiger partial charge >= 0.3 is 0 Å². The molecule has 3 heterocycles. The Labute approximate surface area is 256 Å². The van der Waals surface area contributed by atoms with Gasteiger partial charge in [-0.25, -0.2) is 9.97 Å². The first-order chi connectivity index (χ1) is 21.5. The topological polar surface area (TPSA) is 100 Å². The van der Waals surface area contributed by atoms with Crippen LogP contribution in [0, 0.1) is 6.92 Å². The summed E-state index contributed by atoms with van der Waals surface area (Å²) in [7, 11) is 1.73. The van der Waals surface area contributed by atoms with Gasteiger partial charge in [0.25, 0.3) is 11.8 Å². The van der Waals surface area contributed by atoms with E-state index >= 15 is 0 Å². The minimum Gasteiger partial charge on any atom is -0.381 e. The third-order valence-corrected chi connectivity index (χ3v) is 8.99. The predicted molar refractivity (Wildman–Crippen MR) is 172 cm³/mol. The molecule has 7 rings (SSSR count). The molecule has 1 saturated carbocycles. The molecule has 5 aromatic rings. The Morgan fingerprint density at radius 3 is 2.34 bits per heavy atom. The first-order valence-electron chi connectivity index (χ1n) is 15.3. The summed E-state index contributed by atoms with van der Waals surface area (Å²) in [6.07, 6.45) is 5.98. The number of benzene rings is 3. The van der Waals surface area contributed by atoms with E-state index in [0.717, 1.165) is 57.6 Å². The van der Waals surface area contributed by atoms with Gasteiger partial charge in [-0.2, -0.15) is 0 Å². The summed E-state index contributed by atoms with van der Waals surface area (Å²) in [5.74, 6) is 0.571. The van der Waals surface area contributed by atoms with Gasteiger partial charge in [0.15, 0.2) is 0 Å². The van der Waals surface area contributed by atoms with E-state index in [1.807, 2.05) is 72.5 Å². The predicted octanol–water partition coefficient (Wildman–Crippen LogP) is 6.98. The molecule has 1 aliphatic carbocycles. The van der Waals surface area contributed by atoms with Crippen molar-refractivity contribution in [1.82, 2.24) is 19.9 Å². The van der Waals surface area contributed by atoms with E-state index in [4.69, 9.17) is 4.74 Å². The minimum atomic E-state index is -0.134. The van der Waals surface area contributed by atoms with Crippen LogP contribution in [0.3, 0.4) is 0 Å². The van der Waals surface area contributed by atoms with Gasteiger partial charge in [-0.05, 0) is 91.6 Å². The van der Waals surface area contributed by atoms with Crippen molar-refractivity contribution in [3.05, 3.63) is 101 Å². The molecule has 1 aliphatic heterocycles. The maximum Gasteiger partial charge on any atom is 0.255 e. The summed E-state index contributed by atoms with van der Waals surface area (Å²) in [6, 6.07) is 23.5. The van der Waals surface area contributed by atoms with E-state index in [1.54, 1.807) is 13.4 Å². The van der Waals surface area contributed by atoms with Crippen LogP contribution in [0.1, 0.15) is 63.4 Å². The van der Waals surface area contributed by atoms with Gasteiger partial charge in [0.05, 0.1) is 11.8 Å². The molecule has 44 heavy (non-hydrogen) atoms. The van der Waals surface area contributed by atoms with E-state index in [1.165, 1.54) is 18.4 Å². The second-order valence-corrected chi connectivity index (χ2v) is 11.8. The van der Waals surface area contributed by atoms with Crippen LogP contribution in [0.15, 0.2) is 79.1 Å². The zero-order valence-electron chi connectivity index (χ0n) is 25.0. The quantitative estimate of drug-likeness (QED) is 0.215. The number of carbonyl (C=O) groups excluding carboxylic acids is 2. The molecule has 0 spiro atoms. The number of amides is 2. The zero-order valence-corrected chi connectivity index (χ0v) is 25.0. The van der Waals surface area contributed by atoms with E-state index in [2.05, 4.69) is 32.4 Å². The first kappa shape index (κ1) is 28.0. The van der Waals surface area contributed by atoms with Gasteiger partial charge in [-0.3, -0.25) is 9.59 Å². The average molecular weight is 586 g/mol. The lowest BCUT2D eigenvalue weighted by Gasteiger charge is -2.31. The maximum absolute atomic E-state index is 13.1. The number of aromatic nitrogens is 3. The van der Waals surface area contributed by atoms with Crippen molar-refractivity contribution in [2.24, 2.45) is 0 Å². The molecule has 0 radical (unpaired) electrons. The highest BCUT2D eigenvalue weighted by molar-refractivity contribution is 6.05. The van der Waals surface area contributed by atoms with Gasteiger partial charge in [0, 0.05) is 53.7 Å². The molecule has 1 saturated heterocycles. The number of aromatic amines is 1. The van der Waals surface area contributed by atoms with Crippen molar-refractivity contribution in [2.45, 2.75) is 44.6 Å². The Morgan fingerprint density at radius 1 is 0.909 bits per heavy atom. The maximum atomic E-state index is 13.1. The molecule has 2 N–H and O–H groups in total. The average Bonchev–Trinajstić information content (AvgIpc) is 3.83. The first-order valence-corrected chi connectivity index (χ1v) is 15.3. The highest BCUT2D eigenvalue weighted by atomic mass is 16.5. The lowest BCUT2D eigenvalue weighted by molar-refractivity contribution is 0.0350. The molecule has 3 aromatic carbocycles. The van der Waals surface area contributed by atoms with Crippen molar-refractivity contribution < 1.29 is 14.3 Å². The van der Waals surface area contributed by atoms with E-state index < -0.39 is 0 Å². The van der Waals surface area contributed by atoms with Crippen LogP contribution in [0.4, 0.5) is 5.69 Å². The van der Waals surface area contributed by atoms with Gasteiger partial charge in [0.1, 0.15) is 12.0 Å². The van der Waals surface area contributed by atoms with Crippen molar-refractivity contribution in [3.63, 3.8) is 0 Å². The fourth-order valence-electron chi connectivity index (χ4n) is 6.12. The fourth-order valence-corrected chi connectivity index (χ4v) is 6.12. The Kier molecular flexibility index (Phi) is 7.44. The van der Waals surface area contributed by atoms with Crippen LogP contribution in [0.25, 0.3) is 33.5 Å². The number of piperidine rings is 1. The molecule has 2 fully saturated rings. The Bertz CT molecular complexity index is 1830. The van der Waals surface area contributed by atoms with E-state index in [9.17, 15) is 9.59 Å². The number of nitrogens with one attached hydrogen (secondary N) is 2. The van der Waals surface area contributed by atoms with Crippen molar-refractivity contribution in [1.29, 1.82) is 0 Å². The molecule has 8 nitrogen and oxygen atoms in total. The lowest BCUT2D eigenvalue weighted by Crippen LogP contribution is -2.40. The van der Waals surface area contributed by atoms with E-state index in [0.29, 0.717) is 30.1 Å². The monoisotopic (exact) mass is 585 g/mol. The second-order valence-electron chi connectivity index (χ2n) is 11.8. The third kappa shape index (κ3) is 5.49. The van der Waals surface area contributed by atoms with Gasteiger partial charge in [-0.15, -0.1) is 0 Å². The van der Waals surface area contributed by atoms with Crippen LogP contribution < -0.4 is 5.32 Å². The summed E-state index contributed by atoms with van der Waals surface area (Å²) in [5.41, 5.74) is 8.55. The fraction of sp³-hybridized carbons (Fsp3) is 0.278. The van der Waals surface area contributed by atoms with Gasteiger partial charge in [0.2, 0.25) is 0 Å². The van der Waals surface area contributed by atoms with Gasteiger partial charge in [-0.1, -0.05) is 36.4 Å². The smallest absolute Gasteiger partial charge is 0.255 e. The van der Waals surface area contributed by atoms with Crippen molar-refractivity contribution >= 4 is 28.5 Å². The number of anilines is 1. The zero-order chi connectivity index (χ0) is 30.2. The SMILES string of the molecule is COC1CCN(C(=O)c2ccc(-c3cc4c(-c5cccc(NC(=O)c6ccc(C7CC7)cc6)c5C)ncnc4[nH]3)cc2)CC1. The highest BCUT2D eigenvalue weighted by Crippen LogP contribution is 2.40. The Hall–Kier alpha value is -4.82. The number of nitrogens with zero attached hydrogens (tertiary/aromatic N) is 3. The van der Waals surface area contributed by atoms with Crippen LogP contribution in [0.5, 0.6) is 0 Å². The summed E-state index contributed by atoms with van der Waals surface area (Å²) >= 11 is 0. The number of methoxy groups -OCH3 is 1. The molecular formula is C36H35N5O3. The summed E-state index contributed by atoms with van der Waals surface area (Å²) in [4.78, 5) is 40.6. The number of likely N-dealkylation sites (tertiary alicyclic amines) is 1. The molecule has 0 bridgehead atoms. The second kappa shape index (κ2) is 11.7. The number of fused-ring (bicyclic) bond motifs is 1. The van der Waals surface area contributed by atoms with Crippen LogP contribution in [-0.2, 0) is 4.74 Å². The third-order valence-electron chi connectivity index (χ3n) is 8.99. The molecule has 8 heteroatoms. The van der Waals surface area contributed by atoms with Crippen LogP contribution in [0.2, 0.25) is 0 Å². The molecule has 222 valence electrons. The number of rotatable bonds is 7. The number of H-pyrrole nitrogens is 1. The summed E-state index contributed by atoms with van der Waals surface area (Å²) < 4.78 is 5.44. The molecule has 0 unspecified atom stereocenters. The normalized spacial score (nSPS) is 15.5. The van der Waals surface area contributed by atoms with Crippen molar-refractivity contribution in [3.8, 4) is 22.5 Å². The molecular weight excluding hydrogens is 550 g/mol. The molecule has 2 amide bonds. The molecule has 2 aromatic heterocycles. The number of hydrogen-bond donors (Lipinski definition) is 2. The van der Waals surface area contributed by atoms with Gasteiger partial charge < -0.3 is 19.9 Å². The summed E-state index contributed by atoms with van der Waals surface area (Å²) in [5, 5.41) is 3.98. The molecule has 2 aliphatic rings. The number of ether oxygens (including phenoxy) is 1. The van der Waals surface area contributed by atoms with Crippen molar-refractivity contribution in [2.75, 3.05) is 25.5 Å². The number of carbonyl (C=O) groups is 2. The standard InChI is InChI=1S/C36H35N5O3/c1-22-29(4-3-5-31(22)40-35(42)26-12-8-24(9-13-26)23-6-7-23)33-30-20-32(39-34(30)38-21-37-33)25-10-14-27(15-11-25)36(43)41-18-16-28(44-2)17-19-41/h3-5,8-15,20-21,23,28H,6-7,16-19H2,1-2H3,(H,40,42)(H,37,38,39). The molecule has 0 atom stereocenters. The summed E-state index contributed by atoms with van der Waals surface area (Å²) in [6.45, 7) is 3.41. The number of hydrogen-bond acceptors (Lipinski definition) is 5. The lowest BCUT2D eigenvalue weighted by atomic mass is 10.0. The largest absolute Gasteiger partial charge is 0.381 e. The van der Waals surface area contributed by atoms with Crippen LogP contribution >= 0.6 is 0 Å².